The number of Topliss-reactive ketones (excluding diaryl/α,β-unsaturated/α-hetero) is 1. The van der Waals surface area contributed by atoms with Crippen molar-refractivity contribution >= 4 is 17.4 Å². The van der Waals surface area contributed by atoms with Gasteiger partial charge < -0.3 is 19.5 Å². The molecule has 1 amide bonds. The Bertz CT molecular complexity index is 1390. The second-order valence-electron chi connectivity index (χ2n) is 9.77. The van der Waals surface area contributed by atoms with Crippen molar-refractivity contribution in [1.82, 2.24) is 4.90 Å². The van der Waals surface area contributed by atoms with Gasteiger partial charge in [0.05, 0.1) is 30.4 Å². The van der Waals surface area contributed by atoms with E-state index in [-0.39, 0.29) is 29.8 Å². The number of carbonyl (C=O) groups is 2. The lowest BCUT2D eigenvalue weighted by Crippen LogP contribution is -2.31. The van der Waals surface area contributed by atoms with Crippen LogP contribution in [0.1, 0.15) is 47.7 Å². The average molecular weight is 518 g/mol. The van der Waals surface area contributed by atoms with E-state index in [4.69, 9.17) is 9.47 Å². The maximum atomic E-state index is 13.5. The van der Waals surface area contributed by atoms with E-state index < -0.39 is 17.7 Å². The molecule has 7 heteroatoms. The molecule has 3 aromatic carbocycles. The highest BCUT2D eigenvalue weighted by Crippen LogP contribution is 2.42. The maximum Gasteiger partial charge on any atom is 0.295 e. The number of halogens is 1. The summed E-state index contributed by atoms with van der Waals surface area (Å²) >= 11 is 0. The Hall–Kier alpha value is -4.13. The van der Waals surface area contributed by atoms with Crippen molar-refractivity contribution in [3.05, 3.63) is 99.9 Å². The van der Waals surface area contributed by atoms with Crippen molar-refractivity contribution in [2.45, 2.75) is 46.3 Å². The fourth-order valence-corrected chi connectivity index (χ4v) is 4.93. The van der Waals surface area contributed by atoms with Crippen LogP contribution in [-0.4, -0.2) is 41.5 Å². The van der Waals surface area contributed by atoms with E-state index in [2.05, 4.69) is 0 Å². The van der Waals surface area contributed by atoms with Gasteiger partial charge in [0.15, 0.2) is 0 Å². The van der Waals surface area contributed by atoms with Gasteiger partial charge in [0, 0.05) is 6.54 Å². The summed E-state index contributed by atoms with van der Waals surface area (Å²) in [4.78, 5) is 28.3. The summed E-state index contributed by atoms with van der Waals surface area (Å²) in [7, 11) is 1.50. The van der Waals surface area contributed by atoms with Crippen LogP contribution in [0.25, 0.3) is 5.76 Å². The Morgan fingerprint density at radius 2 is 1.76 bits per heavy atom. The summed E-state index contributed by atoms with van der Waals surface area (Å²) < 4.78 is 24.8. The third kappa shape index (κ3) is 5.42. The number of aliphatic hydroxyl groups excluding tert-OH is 1. The molecule has 4 rings (SSSR count). The second kappa shape index (κ2) is 11.1. The molecule has 1 unspecified atom stereocenters. The number of hydrogen-bond donors (Lipinski definition) is 1. The monoisotopic (exact) mass is 517 g/mol. The molecule has 1 atom stereocenters. The minimum absolute atomic E-state index is 0.0147. The van der Waals surface area contributed by atoms with Gasteiger partial charge in [0.2, 0.25) is 0 Å². The van der Waals surface area contributed by atoms with Crippen LogP contribution in [-0.2, 0) is 16.0 Å². The van der Waals surface area contributed by atoms with Crippen molar-refractivity contribution in [1.29, 1.82) is 0 Å². The lowest BCUT2D eigenvalue weighted by molar-refractivity contribution is -0.139. The predicted molar refractivity (Wildman–Crippen MR) is 144 cm³/mol. The second-order valence-corrected chi connectivity index (χ2v) is 9.77. The third-order valence-corrected chi connectivity index (χ3v) is 6.52. The van der Waals surface area contributed by atoms with Gasteiger partial charge in [-0.2, -0.15) is 0 Å². The highest BCUT2D eigenvalue weighted by molar-refractivity contribution is 6.46. The molecule has 0 bridgehead atoms. The van der Waals surface area contributed by atoms with Crippen LogP contribution < -0.4 is 9.47 Å². The molecule has 0 aromatic heterocycles. The van der Waals surface area contributed by atoms with Crippen LogP contribution in [0, 0.1) is 19.7 Å². The summed E-state index contributed by atoms with van der Waals surface area (Å²) in [5.41, 5.74) is 3.45. The number of ether oxygens (including phenoxy) is 2. The molecule has 0 aliphatic carbocycles. The molecular weight excluding hydrogens is 485 g/mol. The third-order valence-electron chi connectivity index (χ3n) is 6.52. The number of methoxy groups -OCH3 is 1. The molecule has 0 spiro atoms. The molecule has 38 heavy (non-hydrogen) atoms. The lowest BCUT2D eigenvalue weighted by atomic mass is 9.93. The number of ketones is 1. The van der Waals surface area contributed by atoms with E-state index in [0.717, 1.165) is 16.7 Å². The predicted octanol–water partition coefficient (Wildman–Crippen LogP) is 5.90. The zero-order valence-corrected chi connectivity index (χ0v) is 22.2. The number of amides is 1. The van der Waals surface area contributed by atoms with Crippen molar-refractivity contribution in [3.8, 4) is 11.5 Å². The Labute approximate surface area is 222 Å². The number of likely N-dealkylation sites (tertiary alicyclic amines) is 1. The van der Waals surface area contributed by atoms with Crippen LogP contribution >= 0.6 is 0 Å². The quantitative estimate of drug-likeness (QED) is 0.229. The van der Waals surface area contributed by atoms with E-state index in [9.17, 15) is 19.1 Å². The smallest absolute Gasteiger partial charge is 0.295 e. The van der Waals surface area contributed by atoms with E-state index in [1.54, 1.807) is 42.5 Å². The lowest BCUT2D eigenvalue weighted by Gasteiger charge is -2.26. The fourth-order valence-electron chi connectivity index (χ4n) is 4.93. The van der Waals surface area contributed by atoms with E-state index in [1.165, 1.54) is 24.1 Å². The molecule has 1 fully saturated rings. The average Bonchev–Trinajstić information content (AvgIpc) is 3.12. The normalized spacial score (nSPS) is 16.8. The zero-order valence-electron chi connectivity index (χ0n) is 22.2. The number of carbonyl (C=O) groups excluding carboxylic acids is 2. The Morgan fingerprint density at radius 1 is 1.05 bits per heavy atom. The molecule has 1 aliphatic rings. The van der Waals surface area contributed by atoms with Gasteiger partial charge in [-0.25, -0.2) is 4.39 Å². The Morgan fingerprint density at radius 3 is 2.42 bits per heavy atom. The van der Waals surface area contributed by atoms with Crippen LogP contribution in [0.2, 0.25) is 0 Å². The Kier molecular flexibility index (Phi) is 7.86. The first-order valence-electron chi connectivity index (χ1n) is 12.6. The van der Waals surface area contributed by atoms with Crippen molar-refractivity contribution in [2.24, 2.45) is 0 Å². The van der Waals surface area contributed by atoms with Gasteiger partial charge in [-0.1, -0.05) is 30.3 Å². The van der Waals surface area contributed by atoms with Crippen molar-refractivity contribution in [2.75, 3.05) is 13.7 Å². The SMILES string of the molecule is COc1c(C)cc(C)cc1/C(O)=C1\C(=O)C(=O)N(CCc2ccc(F)cc2)C1c1cccc(OC(C)C)c1. The largest absolute Gasteiger partial charge is 0.507 e. The first-order valence-corrected chi connectivity index (χ1v) is 12.6. The van der Waals surface area contributed by atoms with Gasteiger partial charge in [-0.15, -0.1) is 0 Å². The molecular formula is C31H32FNO5. The summed E-state index contributed by atoms with van der Waals surface area (Å²) in [5.74, 6) is -1.11. The molecule has 3 aromatic rings. The number of benzene rings is 3. The summed E-state index contributed by atoms with van der Waals surface area (Å²) in [6.45, 7) is 7.75. The van der Waals surface area contributed by atoms with Crippen LogP contribution in [0.3, 0.4) is 0 Å². The van der Waals surface area contributed by atoms with E-state index in [0.29, 0.717) is 29.0 Å². The zero-order chi connectivity index (χ0) is 27.6. The molecule has 1 N–H and O–H groups in total. The van der Waals surface area contributed by atoms with Gasteiger partial charge in [0.25, 0.3) is 11.7 Å². The van der Waals surface area contributed by atoms with Crippen LogP contribution in [0.15, 0.2) is 66.2 Å². The molecule has 0 radical (unpaired) electrons. The van der Waals surface area contributed by atoms with Gasteiger partial charge in [-0.05, 0) is 86.7 Å². The highest BCUT2D eigenvalue weighted by Gasteiger charge is 2.46. The molecule has 1 aliphatic heterocycles. The van der Waals surface area contributed by atoms with E-state index in [1.807, 2.05) is 33.8 Å². The summed E-state index contributed by atoms with van der Waals surface area (Å²) in [5, 5.41) is 11.6. The van der Waals surface area contributed by atoms with Crippen LogP contribution in [0.4, 0.5) is 4.39 Å². The van der Waals surface area contributed by atoms with Gasteiger partial charge in [0.1, 0.15) is 23.1 Å². The number of hydrogen-bond acceptors (Lipinski definition) is 5. The molecule has 0 saturated carbocycles. The fraction of sp³-hybridized carbons (Fsp3) is 0.290. The summed E-state index contributed by atoms with van der Waals surface area (Å²) in [6.07, 6.45) is 0.327. The first kappa shape index (κ1) is 26.9. The molecule has 1 heterocycles. The highest BCUT2D eigenvalue weighted by atomic mass is 19.1. The van der Waals surface area contributed by atoms with E-state index >= 15 is 0 Å². The topological polar surface area (TPSA) is 76.1 Å². The van der Waals surface area contributed by atoms with Crippen molar-refractivity contribution < 1.29 is 28.6 Å². The molecule has 198 valence electrons. The van der Waals surface area contributed by atoms with Gasteiger partial charge in [-0.3, -0.25) is 9.59 Å². The number of aliphatic hydroxyl groups is 1. The number of aryl methyl sites for hydroxylation is 2. The van der Waals surface area contributed by atoms with Crippen LogP contribution in [0.5, 0.6) is 11.5 Å². The first-order chi connectivity index (χ1) is 18.1. The molecule has 6 nitrogen and oxygen atoms in total. The van der Waals surface area contributed by atoms with Crippen molar-refractivity contribution in [3.63, 3.8) is 0 Å². The Balaban J connectivity index is 1.86. The minimum Gasteiger partial charge on any atom is -0.507 e. The number of nitrogens with zero attached hydrogens (tertiary/aromatic N) is 1. The van der Waals surface area contributed by atoms with Gasteiger partial charge >= 0.3 is 0 Å². The summed E-state index contributed by atoms with van der Waals surface area (Å²) in [6, 6.07) is 16.0. The minimum atomic E-state index is -0.850. The standard InChI is InChI=1S/C31H32FNO5/c1-18(2)38-24-8-6-7-22(17-24)27-26(28(34)25-16-19(3)15-20(4)30(25)37-5)29(35)31(36)33(27)14-13-21-9-11-23(32)12-10-21/h6-12,15-18,27,34H,13-14H2,1-5H3/b28-26+. The number of rotatable bonds is 8. The molecule has 1 saturated heterocycles. The maximum absolute atomic E-state index is 13.5.